The second-order valence-electron chi connectivity index (χ2n) is 13.0. The summed E-state index contributed by atoms with van der Waals surface area (Å²) in [4.78, 5) is 26.6. The zero-order valence-electron chi connectivity index (χ0n) is 27.3. The zero-order chi connectivity index (χ0) is 33.6. The number of amides is 2. The lowest BCUT2D eigenvalue weighted by molar-refractivity contribution is -0.125. The number of benzene rings is 2. The number of carbonyl (C=O) groups is 2. The van der Waals surface area contributed by atoms with Crippen LogP contribution in [0.25, 0.3) is 0 Å². The highest BCUT2D eigenvalue weighted by Crippen LogP contribution is 2.35. The van der Waals surface area contributed by atoms with E-state index in [-0.39, 0.29) is 37.1 Å². The molecular formula is C32H47N3O8S2. The number of hydrogen-bond acceptors (Lipinski definition) is 9. The van der Waals surface area contributed by atoms with E-state index in [0.29, 0.717) is 11.5 Å². The van der Waals surface area contributed by atoms with Crippen LogP contribution >= 0.6 is 11.8 Å². The van der Waals surface area contributed by atoms with Gasteiger partial charge in [0.15, 0.2) is 11.5 Å². The first-order valence-electron chi connectivity index (χ1n) is 14.9. The molecule has 0 aromatic heterocycles. The molecule has 1 aliphatic rings. The fourth-order valence-corrected chi connectivity index (χ4v) is 6.76. The third-order valence-electron chi connectivity index (χ3n) is 7.18. The number of sulfonamides is 1. The van der Waals surface area contributed by atoms with Gasteiger partial charge in [-0.05, 0) is 70.9 Å². The Kier molecular flexibility index (Phi) is 12.2. The molecule has 0 bridgehead atoms. The Bertz CT molecular complexity index is 1410. The van der Waals surface area contributed by atoms with Gasteiger partial charge in [-0.25, -0.2) is 13.2 Å². The molecule has 2 aromatic carbocycles. The van der Waals surface area contributed by atoms with Gasteiger partial charge in [0, 0.05) is 23.9 Å². The first-order valence-corrected chi connectivity index (χ1v) is 17.6. The molecule has 250 valence electrons. The average Bonchev–Trinajstić information content (AvgIpc) is 3.42. The van der Waals surface area contributed by atoms with E-state index in [1.807, 2.05) is 64.3 Å². The summed E-state index contributed by atoms with van der Waals surface area (Å²) in [6.45, 7) is 12.4. The molecule has 2 amide bonds. The lowest BCUT2D eigenvalue weighted by atomic mass is 9.98. The van der Waals surface area contributed by atoms with Crippen LogP contribution in [-0.4, -0.2) is 84.5 Å². The number of thioether (sulfide) groups is 1. The number of aliphatic hydroxyl groups excluding tert-OH is 1. The number of aliphatic hydroxyl groups is 1. The summed E-state index contributed by atoms with van der Waals surface area (Å²) in [5.74, 6) is 0.190. The van der Waals surface area contributed by atoms with E-state index in [9.17, 15) is 23.1 Å². The van der Waals surface area contributed by atoms with Gasteiger partial charge in [0.2, 0.25) is 22.7 Å². The SMILES string of the molecule is CSC(C)(C)[C@H](NC(=O)OC(C)(C)C)C(=O)N[C@@H](Cc1ccccc1)[C@H](O)CN(CC(C)C)S(=O)(=O)c1ccc2c(c1)OCO2. The highest BCUT2D eigenvalue weighted by Gasteiger charge is 2.39. The number of nitrogens with one attached hydrogen (secondary N) is 2. The first-order chi connectivity index (χ1) is 20.9. The van der Waals surface area contributed by atoms with Gasteiger partial charge in [-0.2, -0.15) is 16.1 Å². The topological polar surface area (TPSA) is 143 Å². The molecule has 45 heavy (non-hydrogen) atoms. The van der Waals surface area contributed by atoms with Crippen LogP contribution in [0.3, 0.4) is 0 Å². The Morgan fingerprint density at radius 3 is 2.24 bits per heavy atom. The molecule has 0 saturated heterocycles. The molecule has 0 radical (unpaired) electrons. The highest BCUT2D eigenvalue weighted by molar-refractivity contribution is 8.00. The van der Waals surface area contributed by atoms with Gasteiger partial charge in [0.05, 0.1) is 17.0 Å². The predicted molar refractivity (Wildman–Crippen MR) is 175 cm³/mol. The fourth-order valence-electron chi connectivity index (χ4n) is 4.72. The van der Waals surface area contributed by atoms with Gasteiger partial charge in [0.25, 0.3) is 0 Å². The monoisotopic (exact) mass is 665 g/mol. The molecule has 11 nitrogen and oxygen atoms in total. The van der Waals surface area contributed by atoms with Gasteiger partial charge in [-0.15, -0.1) is 0 Å². The largest absolute Gasteiger partial charge is 0.454 e. The van der Waals surface area contributed by atoms with Crippen molar-refractivity contribution in [2.75, 3.05) is 26.1 Å². The highest BCUT2D eigenvalue weighted by atomic mass is 32.2. The van der Waals surface area contributed by atoms with E-state index < -0.39 is 50.6 Å². The Morgan fingerprint density at radius 2 is 1.64 bits per heavy atom. The smallest absolute Gasteiger partial charge is 0.408 e. The Morgan fingerprint density at radius 1 is 1.00 bits per heavy atom. The van der Waals surface area contributed by atoms with E-state index in [4.69, 9.17) is 14.2 Å². The van der Waals surface area contributed by atoms with E-state index >= 15 is 0 Å². The minimum atomic E-state index is -4.08. The molecule has 1 heterocycles. The van der Waals surface area contributed by atoms with Crippen LogP contribution in [-0.2, 0) is 26.0 Å². The second-order valence-corrected chi connectivity index (χ2v) is 16.4. The predicted octanol–water partition coefficient (Wildman–Crippen LogP) is 4.19. The third kappa shape index (κ3) is 10.2. The van der Waals surface area contributed by atoms with E-state index in [1.165, 1.54) is 28.2 Å². The van der Waals surface area contributed by atoms with Crippen molar-refractivity contribution < 1.29 is 37.3 Å². The van der Waals surface area contributed by atoms with Gasteiger partial charge in [-0.1, -0.05) is 44.2 Å². The molecule has 0 fully saturated rings. The third-order valence-corrected chi connectivity index (χ3v) is 10.3. The molecule has 1 aliphatic heterocycles. The maximum Gasteiger partial charge on any atom is 0.408 e. The molecule has 13 heteroatoms. The van der Waals surface area contributed by atoms with Gasteiger partial charge < -0.3 is 30.0 Å². The van der Waals surface area contributed by atoms with Gasteiger partial charge in [-0.3, -0.25) is 4.79 Å². The first kappa shape index (κ1) is 36.5. The van der Waals surface area contributed by atoms with Crippen molar-refractivity contribution in [1.29, 1.82) is 0 Å². The molecule has 3 atom stereocenters. The van der Waals surface area contributed by atoms with Crippen molar-refractivity contribution in [2.24, 2.45) is 5.92 Å². The summed E-state index contributed by atoms with van der Waals surface area (Å²) in [6, 6.07) is 11.8. The van der Waals surface area contributed by atoms with Crippen LogP contribution in [0.1, 0.15) is 54.0 Å². The summed E-state index contributed by atoms with van der Waals surface area (Å²) >= 11 is 1.39. The van der Waals surface area contributed by atoms with E-state index in [1.54, 1.807) is 26.8 Å². The fraction of sp³-hybridized carbons (Fsp3) is 0.562. The molecule has 0 spiro atoms. The maximum atomic E-state index is 13.9. The van der Waals surface area contributed by atoms with Crippen LogP contribution in [0, 0.1) is 5.92 Å². The zero-order valence-corrected chi connectivity index (χ0v) is 29.0. The maximum absolute atomic E-state index is 13.9. The van der Waals surface area contributed by atoms with Crippen molar-refractivity contribution in [1.82, 2.24) is 14.9 Å². The minimum Gasteiger partial charge on any atom is -0.454 e. The van der Waals surface area contributed by atoms with Crippen molar-refractivity contribution in [3.05, 3.63) is 54.1 Å². The number of nitrogens with zero attached hydrogens (tertiary/aromatic N) is 1. The Hall–Kier alpha value is -3.00. The number of hydrogen-bond donors (Lipinski definition) is 3. The van der Waals surface area contributed by atoms with Crippen LogP contribution in [0.5, 0.6) is 11.5 Å². The Labute approximate surface area is 271 Å². The molecule has 0 unspecified atom stereocenters. The van der Waals surface area contributed by atoms with Crippen molar-refractivity contribution >= 4 is 33.8 Å². The van der Waals surface area contributed by atoms with Crippen molar-refractivity contribution in [3.63, 3.8) is 0 Å². The van der Waals surface area contributed by atoms with Crippen LogP contribution < -0.4 is 20.1 Å². The van der Waals surface area contributed by atoms with Gasteiger partial charge >= 0.3 is 6.09 Å². The van der Waals surface area contributed by atoms with Crippen molar-refractivity contribution in [3.8, 4) is 11.5 Å². The molecule has 3 N–H and O–H groups in total. The summed E-state index contributed by atoms with van der Waals surface area (Å²) in [5, 5.41) is 17.3. The second kappa shape index (κ2) is 15.1. The molecular weight excluding hydrogens is 618 g/mol. The number of rotatable bonds is 14. The lowest BCUT2D eigenvalue weighted by Gasteiger charge is -2.35. The van der Waals surface area contributed by atoms with Crippen molar-refractivity contribution in [2.45, 2.75) is 88.3 Å². The van der Waals surface area contributed by atoms with Crippen LogP contribution in [0.15, 0.2) is 53.4 Å². The normalized spacial score (nSPS) is 15.4. The van der Waals surface area contributed by atoms with E-state index in [0.717, 1.165) is 5.56 Å². The molecule has 2 aromatic rings. The molecule has 0 saturated carbocycles. The summed E-state index contributed by atoms with van der Waals surface area (Å²) in [5.41, 5.74) is 0.0564. The number of alkyl carbamates (subject to hydrolysis) is 1. The minimum absolute atomic E-state index is 0.00520. The Balaban J connectivity index is 1.92. The number of carbonyl (C=O) groups excluding carboxylic acids is 2. The quantitative estimate of drug-likeness (QED) is 0.271. The molecule has 3 rings (SSSR count). The lowest BCUT2D eigenvalue weighted by Crippen LogP contribution is -2.60. The molecule has 0 aliphatic carbocycles. The standard InChI is InChI=1S/C32H47N3O8S2/c1-21(2)18-35(45(39,40)23-14-15-26-27(17-23)42-20-41-26)19-25(36)24(16-22-12-10-9-11-13-22)33-29(37)28(32(6,7)44-8)34-30(38)43-31(3,4)5/h9-15,17,21,24-25,28,36H,16,18-20H2,1-8H3,(H,33,37)(H,34,38)/t24-,25+,28+/m0/s1. The van der Waals surface area contributed by atoms with E-state index in [2.05, 4.69) is 10.6 Å². The summed E-state index contributed by atoms with van der Waals surface area (Å²) < 4.78 is 44.4. The number of fused-ring (bicyclic) bond motifs is 1. The summed E-state index contributed by atoms with van der Waals surface area (Å²) in [6.07, 6.45) is -0.0104. The van der Waals surface area contributed by atoms with Crippen LogP contribution in [0.4, 0.5) is 4.79 Å². The van der Waals surface area contributed by atoms with Gasteiger partial charge in [0.1, 0.15) is 11.6 Å². The summed E-state index contributed by atoms with van der Waals surface area (Å²) in [7, 11) is -4.08. The average molecular weight is 666 g/mol. The number of ether oxygens (including phenoxy) is 3. The van der Waals surface area contributed by atoms with Crippen LogP contribution in [0.2, 0.25) is 0 Å².